The monoisotopic (exact) mass is 405 g/mol. The van der Waals surface area contributed by atoms with Gasteiger partial charge in [0.2, 0.25) is 5.75 Å². The fourth-order valence-electron chi connectivity index (χ4n) is 3.23. The quantitative estimate of drug-likeness (QED) is 0.472. The maximum atomic E-state index is 13.6. The highest BCUT2D eigenvalue weighted by Crippen LogP contribution is 2.39. The van der Waals surface area contributed by atoms with Crippen LogP contribution in [0.1, 0.15) is 15.9 Å². The molecule has 0 aliphatic heterocycles. The number of hydrogen-bond acceptors (Lipinski definition) is 7. The van der Waals surface area contributed by atoms with E-state index in [0.717, 1.165) is 11.3 Å². The van der Waals surface area contributed by atoms with Gasteiger partial charge in [-0.1, -0.05) is 6.07 Å². The first-order valence-corrected chi connectivity index (χ1v) is 9.02. The molecular formula is C21H19N5O4. The first-order valence-electron chi connectivity index (χ1n) is 9.02. The summed E-state index contributed by atoms with van der Waals surface area (Å²) in [5.74, 6) is 0.958. The molecule has 30 heavy (non-hydrogen) atoms. The van der Waals surface area contributed by atoms with E-state index in [1.165, 1.54) is 32.3 Å². The van der Waals surface area contributed by atoms with E-state index in [1.54, 1.807) is 24.3 Å². The smallest absolute Gasteiger partial charge is 0.203 e. The number of rotatable bonds is 7. The molecule has 0 bridgehead atoms. The summed E-state index contributed by atoms with van der Waals surface area (Å²) in [5, 5.41) is 11.3. The second kappa shape index (κ2) is 8.08. The van der Waals surface area contributed by atoms with E-state index < -0.39 is 0 Å². The first-order chi connectivity index (χ1) is 14.7. The number of carbonyl (C=O) groups is 1. The van der Waals surface area contributed by atoms with E-state index in [0.29, 0.717) is 34.1 Å². The molecule has 2 heterocycles. The summed E-state index contributed by atoms with van der Waals surface area (Å²) < 4.78 is 17.6. The van der Waals surface area contributed by atoms with E-state index >= 15 is 0 Å². The Bertz CT molecular complexity index is 1150. The molecule has 0 saturated heterocycles. The molecule has 152 valence electrons. The molecule has 4 aromatic rings. The van der Waals surface area contributed by atoms with Crippen LogP contribution in [0, 0.1) is 0 Å². The molecule has 0 spiro atoms. The minimum Gasteiger partial charge on any atom is -0.493 e. The third kappa shape index (κ3) is 3.37. The van der Waals surface area contributed by atoms with Crippen molar-refractivity contribution in [2.24, 2.45) is 0 Å². The minimum atomic E-state index is -0.242. The molecule has 4 rings (SSSR count). The average Bonchev–Trinajstić information content (AvgIpc) is 3.51. The number of aromatic nitrogens is 5. The number of tetrazole rings is 1. The van der Waals surface area contributed by atoms with Gasteiger partial charge in [0.05, 0.1) is 27.0 Å². The van der Waals surface area contributed by atoms with Gasteiger partial charge >= 0.3 is 0 Å². The Morgan fingerprint density at radius 1 is 1.00 bits per heavy atom. The Morgan fingerprint density at radius 2 is 1.77 bits per heavy atom. The van der Waals surface area contributed by atoms with Crippen molar-refractivity contribution in [1.29, 1.82) is 0 Å². The number of H-pyrrole nitrogens is 1. The standard InChI is InChI=1S/C21H19N5O4/c1-28-18-10-14(11-19(29-2)21(18)30-3)20(27)15-9-13(16-5-4-8-22-16)6-7-17(15)26-12-23-24-25-26/h4-12,22H,1-3H3. The van der Waals surface area contributed by atoms with Crippen molar-refractivity contribution >= 4 is 5.78 Å². The van der Waals surface area contributed by atoms with E-state index in [4.69, 9.17) is 14.2 Å². The summed E-state index contributed by atoms with van der Waals surface area (Å²) >= 11 is 0. The lowest BCUT2D eigenvalue weighted by molar-refractivity contribution is 0.103. The lowest BCUT2D eigenvalue weighted by Gasteiger charge is -2.15. The van der Waals surface area contributed by atoms with Crippen LogP contribution in [0.25, 0.3) is 16.9 Å². The van der Waals surface area contributed by atoms with Crippen molar-refractivity contribution < 1.29 is 19.0 Å². The van der Waals surface area contributed by atoms with Gasteiger partial charge in [-0.05, 0) is 52.4 Å². The molecule has 2 aromatic carbocycles. The zero-order valence-corrected chi connectivity index (χ0v) is 16.6. The van der Waals surface area contributed by atoms with Crippen molar-refractivity contribution in [3.63, 3.8) is 0 Å². The Morgan fingerprint density at radius 3 is 2.33 bits per heavy atom. The number of carbonyl (C=O) groups excluding carboxylic acids is 1. The number of nitrogens with zero attached hydrogens (tertiary/aromatic N) is 4. The Hall–Kier alpha value is -4.14. The molecule has 9 nitrogen and oxygen atoms in total. The topological polar surface area (TPSA) is 104 Å². The summed E-state index contributed by atoms with van der Waals surface area (Å²) in [4.78, 5) is 16.7. The van der Waals surface area contributed by atoms with Crippen molar-refractivity contribution in [3.05, 3.63) is 66.1 Å². The van der Waals surface area contributed by atoms with E-state index in [1.807, 2.05) is 24.4 Å². The SMILES string of the molecule is COc1cc(C(=O)c2cc(-c3ccc[nH]3)ccc2-n2cnnn2)cc(OC)c1OC. The van der Waals surface area contributed by atoms with Gasteiger partial charge in [0.15, 0.2) is 17.3 Å². The lowest BCUT2D eigenvalue weighted by atomic mass is 9.97. The third-order valence-electron chi connectivity index (χ3n) is 4.67. The van der Waals surface area contributed by atoms with Crippen LogP contribution in [0.3, 0.4) is 0 Å². The predicted octanol–water partition coefficient (Wildman–Crippen LogP) is 2.91. The van der Waals surface area contributed by atoms with Crippen molar-refractivity contribution in [2.75, 3.05) is 21.3 Å². The van der Waals surface area contributed by atoms with Crippen molar-refractivity contribution in [2.45, 2.75) is 0 Å². The number of ether oxygens (including phenoxy) is 3. The van der Waals surface area contributed by atoms with E-state index in [-0.39, 0.29) is 5.78 Å². The van der Waals surface area contributed by atoms with Crippen LogP contribution < -0.4 is 14.2 Å². The number of benzene rings is 2. The fourth-order valence-corrected chi connectivity index (χ4v) is 3.23. The number of ketones is 1. The highest BCUT2D eigenvalue weighted by molar-refractivity contribution is 6.12. The first kappa shape index (κ1) is 19.2. The molecule has 2 aromatic heterocycles. The average molecular weight is 405 g/mol. The predicted molar refractivity (Wildman–Crippen MR) is 108 cm³/mol. The van der Waals surface area contributed by atoms with E-state index in [9.17, 15) is 4.79 Å². The molecule has 0 atom stereocenters. The van der Waals surface area contributed by atoms with Crippen LogP contribution in [0.2, 0.25) is 0 Å². The van der Waals surface area contributed by atoms with Gasteiger partial charge in [-0.2, -0.15) is 4.68 Å². The molecule has 0 unspecified atom stereocenters. The number of hydrogen-bond donors (Lipinski definition) is 1. The van der Waals surface area contributed by atoms with Gasteiger partial charge in [0.1, 0.15) is 6.33 Å². The second-order valence-corrected chi connectivity index (χ2v) is 6.31. The minimum absolute atomic E-state index is 0.242. The maximum absolute atomic E-state index is 13.6. The van der Waals surface area contributed by atoms with Crippen LogP contribution >= 0.6 is 0 Å². The molecule has 0 fully saturated rings. The molecule has 9 heteroatoms. The molecule has 1 N–H and O–H groups in total. The zero-order chi connectivity index (χ0) is 21.1. The molecule has 0 aliphatic rings. The van der Waals surface area contributed by atoms with Gasteiger partial charge in [-0.3, -0.25) is 4.79 Å². The van der Waals surface area contributed by atoms with Crippen LogP contribution in [-0.4, -0.2) is 52.3 Å². The molecule has 0 aliphatic carbocycles. The normalized spacial score (nSPS) is 10.6. The second-order valence-electron chi connectivity index (χ2n) is 6.31. The maximum Gasteiger partial charge on any atom is 0.203 e. The fraction of sp³-hybridized carbons (Fsp3) is 0.143. The Labute approximate surface area is 172 Å². The Balaban J connectivity index is 1.88. The largest absolute Gasteiger partial charge is 0.493 e. The zero-order valence-electron chi connectivity index (χ0n) is 16.6. The van der Waals surface area contributed by atoms with E-state index in [2.05, 4.69) is 20.5 Å². The van der Waals surface area contributed by atoms with Crippen LogP contribution in [0.5, 0.6) is 17.2 Å². The highest BCUT2D eigenvalue weighted by atomic mass is 16.5. The van der Waals surface area contributed by atoms with Crippen LogP contribution in [0.15, 0.2) is 55.0 Å². The van der Waals surface area contributed by atoms with Crippen molar-refractivity contribution in [3.8, 4) is 34.2 Å². The summed E-state index contributed by atoms with van der Waals surface area (Å²) in [6, 6.07) is 12.6. The van der Waals surface area contributed by atoms with Gasteiger partial charge < -0.3 is 19.2 Å². The summed E-state index contributed by atoms with van der Waals surface area (Å²) in [5.41, 5.74) is 3.09. The number of aromatic amines is 1. The van der Waals surface area contributed by atoms with Gasteiger partial charge in [-0.25, -0.2) is 0 Å². The number of methoxy groups -OCH3 is 3. The molecule has 0 amide bonds. The van der Waals surface area contributed by atoms with Gasteiger partial charge in [0.25, 0.3) is 0 Å². The van der Waals surface area contributed by atoms with Crippen LogP contribution in [0.4, 0.5) is 0 Å². The summed E-state index contributed by atoms with van der Waals surface area (Å²) in [7, 11) is 4.52. The third-order valence-corrected chi connectivity index (χ3v) is 4.67. The highest BCUT2D eigenvalue weighted by Gasteiger charge is 2.22. The molecule has 0 radical (unpaired) electrons. The lowest BCUT2D eigenvalue weighted by Crippen LogP contribution is -2.09. The Kier molecular flexibility index (Phi) is 5.17. The molecular weight excluding hydrogens is 386 g/mol. The summed E-state index contributed by atoms with van der Waals surface area (Å²) in [6.07, 6.45) is 3.26. The summed E-state index contributed by atoms with van der Waals surface area (Å²) in [6.45, 7) is 0. The number of nitrogens with one attached hydrogen (secondary N) is 1. The van der Waals surface area contributed by atoms with Crippen molar-refractivity contribution in [1.82, 2.24) is 25.2 Å². The van der Waals surface area contributed by atoms with Gasteiger partial charge in [-0.15, -0.1) is 5.10 Å². The van der Waals surface area contributed by atoms with Crippen LogP contribution in [-0.2, 0) is 0 Å². The molecule has 0 saturated carbocycles. The van der Waals surface area contributed by atoms with Gasteiger partial charge in [0, 0.05) is 23.0 Å².